The van der Waals surface area contributed by atoms with Crippen molar-refractivity contribution in [2.75, 3.05) is 30.0 Å². The Morgan fingerprint density at radius 3 is 2.68 bits per heavy atom. The quantitative estimate of drug-likeness (QED) is 0.156. The summed E-state index contributed by atoms with van der Waals surface area (Å²) < 4.78 is 67.2. The number of hydrogen-bond acceptors (Lipinski definition) is 11. The maximum absolute atomic E-state index is 13.9. The Balaban J connectivity index is 1.35. The summed E-state index contributed by atoms with van der Waals surface area (Å²) in [4.78, 5) is 26.4. The Morgan fingerprint density at radius 2 is 2.00 bits per heavy atom. The number of aliphatic hydroxyl groups excluding tert-OH is 3. The number of alkyl halides is 3. The summed E-state index contributed by atoms with van der Waals surface area (Å²) in [5.74, 6) is -0.832. The van der Waals surface area contributed by atoms with Crippen LogP contribution in [-0.2, 0) is 27.0 Å². The predicted molar refractivity (Wildman–Crippen MR) is 142 cm³/mol. The molecule has 0 bridgehead atoms. The smallest absolute Gasteiger partial charge is 0.394 e. The molecule has 1 aromatic carbocycles. The fourth-order valence-corrected chi connectivity index (χ4v) is 5.11. The van der Waals surface area contributed by atoms with Crippen molar-refractivity contribution < 1.29 is 47.1 Å². The van der Waals surface area contributed by atoms with Gasteiger partial charge in [-0.2, -0.15) is 28.2 Å². The van der Waals surface area contributed by atoms with Gasteiger partial charge in [0.15, 0.2) is 23.2 Å². The van der Waals surface area contributed by atoms with Crippen molar-refractivity contribution >= 4 is 29.1 Å². The Morgan fingerprint density at radius 1 is 1.18 bits per heavy atom. The Bertz CT molecular complexity index is 1660. The van der Waals surface area contributed by atoms with Gasteiger partial charge in [-0.05, 0) is 30.2 Å². The number of aromatic nitrogens is 6. The van der Waals surface area contributed by atoms with Crippen molar-refractivity contribution in [3.63, 3.8) is 0 Å². The van der Waals surface area contributed by atoms with Crippen LogP contribution in [-0.4, -0.2) is 95.2 Å². The lowest BCUT2D eigenvalue weighted by atomic mass is 10.1. The first-order valence-corrected chi connectivity index (χ1v) is 13.4. The Labute approximate surface area is 245 Å². The minimum atomic E-state index is -4.77. The summed E-state index contributed by atoms with van der Waals surface area (Å²) in [6.45, 7) is 0.0250. The molecule has 3 aromatic heterocycles. The molecule has 0 spiro atoms. The average Bonchev–Trinajstić information content (AvgIpc) is 3.80. The van der Waals surface area contributed by atoms with Crippen molar-refractivity contribution in [3.8, 4) is 5.95 Å². The molecule has 2 saturated heterocycles. The SMILES string of the molecule is O=CN(Cc1cc(F)cc(C(F)(F)F)c1)c1cnn(-c2nc(N[C@@H]3CCOC3)c3ncn([C@@H]4O[C@H](CO)[C@H](O)[C@@H]4O)c3n2)c1. The second-order valence-electron chi connectivity index (χ2n) is 10.4. The van der Waals surface area contributed by atoms with Crippen molar-refractivity contribution in [2.24, 2.45) is 0 Å². The van der Waals surface area contributed by atoms with Gasteiger partial charge >= 0.3 is 6.18 Å². The lowest BCUT2D eigenvalue weighted by Gasteiger charge is -2.18. The highest BCUT2D eigenvalue weighted by Gasteiger charge is 2.44. The summed E-state index contributed by atoms with van der Waals surface area (Å²) in [5.41, 5.74) is -0.657. The number of carbonyl (C=O) groups is 1. The van der Waals surface area contributed by atoms with E-state index in [1.54, 1.807) is 0 Å². The third-order valence-electron chi connectivity index (χ3n) is 7.34. The van der Waals surface area contributed by atoms with Crippen molar-refractivity contribution in [3.05, 3.63) is 53.9 Å². The van der Waals surface area contributed by atoms with Crippen molar-refractivity contribution in [1.82, 2.24) is 29.3 Å². The number of amides is 1. The average molecular weight is 623 g/mol. The van der Waals surface area contributed by atoms with Gasteiger partial charge in [0.1, 0.15) is 24.1 Å². The van der Waals surface area contributed by atoms with E-state index in [4.69, 9.17) is 9.47 Å². The van der Waals surface area contributed by atoms with E-state index in [9.17, 15) is 37.7 Å². The molecule has 4 aromatic rings. The van der Waals surface area contributed by atoms with Gasteiger partial charge in [0, 0.05) is 6.61 Å². The van der Waals surface area contributed by atoms with Crippen molar-refractivity contribution in [1.29, 1.82) is 0 Å². The van der Waals surface area contributed by atoms with E-state index >= 15 is 0 Å². The van der Waals surface area contributed by atoms with Crippen LogP contribution < -0.4 is 10.2 Å². The molecule has 5 atom stereocenters. The molecule has 14 nitrogen and oxygen atoms in total. The van der Waals surface area contributed by atoms with Gasteiger partial charge in [0.2, 0.25) is 6.41 Å². The third-order valence-corrected chi connectivity index (χ3v) is 7.34. The van der Waals surface area contributed by atoms with Crippen LogP contribution in [0.4, 0.5) is 29.1 Å². The molecule has 6 rings (SSSR count). The van der Waals surface area contributed by atoms with E-state index in [-0.39, 0.29) is 41.3 Å². The lowest BCUT2D eigenvalue weighted by Crippen LogP contribution is -2.33. The molecule has 2 fully saturated rings. The van der Waals surface area contributed by atoms with Gasteiger partial charge in [-0.15, -0.1) is 0 Å². The van der Waals surface area contributed by atoms with Crippen LogP contribution in [0.3, 0.4) is 0 Å². The van der Waals surface area contributed by atoms with Crippen LogP contribution in [0.15, 0.2) is 36.9 Å². The van der Waals surface area contributed by atoms with E-state index in [0.717, 1.165) is 17.0 Å². The summed E-state index contributed by atoms with van der Waals surface area (Å²) in [5, 5.41) is 37.9. The van der Waals surface area contributed by atoms with E-state index in [0.29, 0.717) is 37.6 Å². The largest absolute Gasteiger partial charge is 0.416 e. The highest BCUT2D eigenvalue weighted by Crippen LogP contribution is 2.34. The molecule has 234 valence electrons. The van der Waals surface area contributed by atoms with Crippen LogP contribution in [0.25, 0.3) is 17.1 Å². The van der Waals surface area contributed by atoms with Gasteiger partial charge in [0.25, 0.3) is 5.95 Å². The standard InChI is InChI=1S/C26H26F4N8O6/c27-15-4-13(3-14(5-15)26(28,29)30)7-36(12-40)17-6-32-38(8-17)25-34-22(33-16-1-2-43-10-16)19-23(35-25)37(11-31-19)24-21(42)20(41)18(9-39)44-24/h3-6,8,11-12,16,18,20-21,24,39,41-42H,1-2,7,9-10H2,(H,33,34,35)/t16-,18-,20+,21+,24-/m1/s1. The molecule has 1 amide bonds. The van der Waals surface area contributed by atoms with Crippen LogP contribution in [0.5, 0.6) is 0 Å². The fraction of sp³-hybridized carbons (Fsp3) is 0.423. The second-order valence-corrected chi connectivity index (χ2v) is 10.4. The number of nitrogens with zero attached hydrogens (tertiary/aromatic N) is 7. The van der Waals surface area contributed by atoms with Crippen LogP contribution >= 0.6 is 0 Å². The number of fused-ring (bicyclic) bond motifs is 1. The predicted octanol–water partition coefficient (Wildman–Crippen LogP) is 1.15. The summed E-state index contributed by atoms with van der Waals surface area (Å²) in [6.07, 6.45) is -4.74. The minimum Gasteiger partial charge on any atom is -0.394 e. The molecule has 2 aliphatic heterocycles. The van der Waals surface area contributed by atoms with Gasteiger partial charge < -0.3 is 35.0 Å². The number of anilines is 2. The fourth-order valence-electron chi connectivity index (χ4n) is 5.11. The van der Waals surface area contributed by atoms with Crippen LogP contribution in [0, 0.1) is 5.82 Å². The first-order chi connectivity index (χ1) is 21.0. The van der Waals surface area contributed by atoms with E-state index in [1.165, 1.54) is 28.0 Å². The zero-order chi connectivity index (χ0) is 31.2. The molecular formula is C26H26F4N8O6. The highest BCUT2D eigenvalue weighted by molar-refractivity contribution is 5.84. The lowest BCUT2D eigenvalue weighted by molar-refractivity contribution is -0.137. The number of nitrogens with one attached hydrogen (secondary N) is 1. The number of imidazole rings is 1. The number of ether oxygens (including phenoxy) is 2. The molecule has 0 aliphatic carbocycles. The number of rotatable bonds is 9. The molecule has 18 heteroatoms. The molecule has 2 aliphatic rings. The van der Waals surface area contributed by atoms with Gasteiger partial charge in [-0.1, -0.05) is 0 Å². The van der Waals surface area contributed by atoms with Crippen LogP contribution in [0.2, 0.25) is 0 Å². The zero-order valence-electron chi connectivity index (χ0n) is 22.7. The first kappa shape index (κ1) is 29.8. The molecule has 44 heavy (non-hydrogen) atoms. The summed E-state index contributed by atoms with van der Waals surface area (Å²) in [7, 11) is 0. The highest BCUT2D eigenvalue weighted by atomic mass is 19.4. The minimum absolute atomic E-state index is 0.0189. The number of hydrogen-bond donors (Lipinski definition) is 4. The maximum Gasteiger partial charge on any atom is 0.416 e. The second kappa shape index (κ2) is 11.7. The third kappa shape index (κ3) is 5.69. The Kier molecular flexibility index (Phi) is 7.93. The van der Waals surface area contributed by atoms with Gasteiger partial charge in [-0.25, -0.2) is 14.1 Å². The number of carbonyl (C=O) groups excluding carboxylic acids is 1. The van der Waals surface area contributed by atoms with Gasteiger partial charge in [0.05, 0.1) is 55.8 Å². The molecular weight excluding hydrogens is 596 g/mol. The molecule has 5 heterocycles. The molecule has 0 radical (unpaired) electrons. The normalized spacial score (nSPS) is 23.8. The molecule has 0 saturated carbocycles. The monoisotopic (exact) mass is 622 g/mol. The topological polar surface area (TPSA) is 173 Å². The number of halogens is 4. The van der Waals surface area contributed by atoms with E-state index in [1.807, 2.05) is 0 Å². The Hall–Kier alpha value is -4.23. The van der Waals surface area contributed by atoms with Crippen molar-refractivity contribution in [2.45, 2.75) is 49.7 Å². The molecule has 4 N–H and O–H groups in total. The van der Waals surface area contributed by atoms with E-state index < -0.39 is 48.7 Å². The number of aliphatic hydroxyl groups is 3. The van der Waals surface area contributed by atoms with Crippen LogP contribution in [0.1, 0.15) is 23.8 Å². The zero-order valence-corrected chi connectivity index (χ0v) is 22.7. The maximum atomic E-state index is 13.9. The number of benzene rings is 1. The van der Waals surface area contributed by atoms with E-state index in [2.05, 4.69) is 25.4 Å². The first-order valence-electron chi connectivity index (χ1n) is 13.4. The summed E-state index contributed by atoms with van der Waals surface area (Å²) >= 11 is 0. The molecule has 0 unspecified atom stereocenters. The van der Waals surface area contributed by atoms with Gasteiger partial charge in [-0.3, -0.25) is 9.36 Å². The summed E-state index contributed by atoms with van der Waals surface area (Å²) in [6, 6.07) is 1.92.